The zero-order valence-corrected chi connectivity index (χ0v) is 12.8. The standard InChI is InChI=1S/C9H11BrFNO4S2/c1-6-3-7(10)8(11)4-9(6)12-18(15,16)5-17(2,13)14/h3-4,12H,5H2,1-2H3. The molecule has 0 fully saturated rings. The van der Waals surface area contributed by atoms with E-state index in [4.69, 9.17) is 0 Å². The molecule has 0 atom stereocenters. The first-order valence-corrected chi connectivity index (χ1v) is 9.14. The molecule has 0 unspecified atom stereocenters. The number of hydrogen-bond donors (Lipinski definition) is 1. The highest BCUT2D eigenvalue weighted by atomic mass is 79.9. The Labute approximate surface area is 113 Å². The highest BCUT2D eigenvalue weighted by Crippen LogP contribution is 2.24. The third-order valence-corrected chi connectivity index (χ3v) is 5.99. The maximum absolute atomic E-state index is 13.3. The first kappa shape index (κ1) is 15.4. The van der Waals surface area contributed by atoms with Gasteiger partial charge in [0.15, 0.2) is 14.9 Å². The number of hydrogen-bond acceptors (Lipinski definition) is 4. The average molecular weight is 360 g/mol. The van der Waals surface area contributed by atoms with E-state index in [1.807, 2.05) is 4.72 Å². The van der Waals surface area contributed by atoms with Gasteiger partial charge in [-0.2, -0.15) is 0 Å². The smallest absolute Gasteiger partial charge is 0.247 e. The van der Waals surface area contributed by atoms with Gasteiger partial charge in [-0.05, 0) is 40.5 Å². The van der Waals surface area contributed by atoms with Crippen LogP contribution in [0, 0.1) is 12.7 Å². The fourth-order valence-electron chi connectivity index (χ4n) is 1.24. The Bertz CT molecular complexity index is 670. The number of halogens is 2. The summed E-state index contributed by atoms with van der Waals surface area (Å²) in [5.74, 6) is -0.641. The van der Waals surface area contributed by atoms with Crippen LogP contribution in [-0.4, -0.2) is 28.2 Å². The fraction of sp³-hybridized carbons (Fsp3) is 0.333. The minimum Gasteiger partial charge on any atom is -0.282 e. The Hall–Kier alpha value is -0.670. The zero-order chi connectivity index (χ0) is 14.1. The van der Waals surface area contributed by atoms with Crippen LogP contribution in [0.4, 0.5) is 10.1 Å². The molecule has 1 N–H and O–H groups in total. The molecule has 0 saturated heterocycles. The van der Waals surface area contributed by atoms with Crippen molar-refractivity contribution in [3.63, 3.8) is 0 Å². The van der Waals surface area contributed by atoms with Gasteiger partial charge >= 0.3 is 0 Å². The lowest BCUT2D eigenvalue weighted by atomic mass is 10.2. The SMILES string of the molecule is Cc1cc(Br)c(F)cc1NS(=O)(=O)CS(C)(=O)=O. The van der Waals surface area contributed by atoms with Gasteiger partial charge in [-0.25, -0.2) is 21.2 Å². The number of benzene rings is 1. The van der Waals surface area contributed by atoms with E-state index >= 15 is 0 Å². The Morgan fingerprint density at radius 3 is 2.33 bits per heavy atom. The third-order valence-electron chi connectivity index (χ3n) is 1.90. The molecule has 9 heteroatoms. The van der Waals surface area contributed by atoms with Gasteiger partial charge in [0.2, 0.25) is 10.0 Å². The van der Waals surface area contributed by atoms with Crippen LogP contribution in [0.15, 0.2) is 16.6 Å². The lowest BCUT2D eigenvalue weighted by Crippen LogP contribution is -2.22. The molecular formula is C9H11BrFNO4S2. The predicted molar refractivity (Wildman–Crippen MR) is 71.1 cm³/mol. The summed E-state index contributed by atoms with van der Waals surface area (Å²) in [7, 11) is -7.75. The molecule has 1 aromatic carbocycles. The summed E-state index contributed by atoms with van der Waals surface area (Å²) >= 11 is 2.96. The fourth-order valence-corrected chi connectivity index (χ4v) is 4.74. The monoisotopic (exact) mass is 359 g/mol. The van der Waals surface area contributed by atoms with Crippen LogP contribution >= 0.6 is 15.9 Å². The van der Waals surface area contributed by atoms with Gasteiger partial charge in [0.05, 0.1) is 10.2 Å². The molecule has 5 nitrogen and oxygen atoms in total. The van der Waals surface area contributed by atoms with Crippen molar-refractivity contribution < 1.29 is 21.2 Å². The molecule has 0 heterocycles. The van der Waals surface area contributed by atoms with E-state index in [1.165, 1.54) is 6.07 Å². The molecule has 0 aromatic heterocycles. The van der Waals surface area contributed by atoms with Crippen LogP contribution in [0.5, 0.6) is 0 Å². The topological polar surface area (TPSA) is 80.3 Å². The van der Waals surface area contributed by atoms with E-state index in [-0.39, 0.29) is 10.2 Å². The summed E-state index contributed by atoms with van der Waals surface area (Å²) in [5.41, 5.74) is 0.486. The van der Waals surface area contributed by atoms with E-state index < -0.39 is 30.8 Å². The second kappa shape index (κ2) is 5.14. The maximum Gasteiger partial charge on any atom is 0.247 e. The van der Waals surface area contributed by atoms with Gasteiger partial charge in [-0.3, -0.25) is 4.72 Å². The van der Waals surface area contributed by atoms with E-state index in [0.717, 1.165) is 12.3 Å². The number of anilines is 1. The molecule has 0 aliphatic rings. The predicted octanol–water partition coefficient (Wildman–Crippen LogP) is 1.64. The van der Waals surface area contributed by atoms with Gasteiger partial charge in [0.1, 0.15) is 5.82 Å². The molecule has 0 radical (unpaired) electrons. The van der Waals surface area contributed by atoms with Crippen molar-refractivity contribution in [2.24, 2.45) is 0 Å². The first-order chi connectivity index (χ1) is 8.00. The molecule has 0 aliphatic heterocycles. The zero-order valence-electron chi connectivity index (χ0n) is 9.57. The van der Waals surface area contributed by atoms with E-state index in [9.17, 15) is 21.2 Å². The van der Waals surface area contributed by atoms with Crippen molar-refractivity contribution in [2.45, 2.75) is 6.92 Å². The lowest BCUT2D eigenvalue weighted by molar-refractivity contribution is 0.595. The number of rotatable bonds is 4. The molecule has 1 rings (SSSR count). The normalized spacial score (nSPS) is 12.4. The molecule has 18 heavy (non-hydrogen) atoms. The van der Waals surface area contributed by atoms with Crippen LogP contribution < -0.4 is 4.72 Å². The molecule has 0 aliphatic carbocycles. The van der Waals surface area contributed by atoms with Gasteiger partial charge < -0.3 is 0 Å². The van der Waals surface area contributed by atoms with E-state index in [2.05, 4.69) is 15.9 Å². The molecular weight excluding hydrogens is 349 g/mol. The highest BCUT2D eigenvalue weighted by molar-refractivity contribution is 9.10. The van der Waals surface area contributed by atoms with Crippen LogP contribution in [0.3, 0.4) is 0 Å². The minimum atomic E-state index is -4.06. The highest BCUT2D eigenvalue weighted by Gasteiger charge is 2.19. The number of aryl methyl sites for hydroxylation is 1. The summed E-state index contributed by atoms with van der Waals surface area (Å²) < 4.78 is 60.5. The summed E-state index contributed by atoms with van der Waals surface area (Å²) in [6.45, 7) is 1.57. The Morgan fingerprint density at radius 2 is 1.83 bits per heavy atom. The van der Waals surface area contributed by atoms with Crippen LogP contribution in [0.25, 0.3) is 0 Å². The summed E-state index contributed by atoms with van der Waals surface area (Å²) in [6.07, 6.45) is 0.807. The van der Waals surface area contributed by atoms with E-state index in [1.54, 1.807) is 6.92 Å². The largest absolute Gasteiger partial charge is 0.282 e. The maximum atomic E-state index is 13.3. The van der Waals surface area contributed by atoms with Gasteiger partial charge in [-0.15, -0.1) is 0 Å². The Morgan fingerprint density at radius 1 is 1.28 bits per heavy atom. The van der Waals surface area contributed by atoms with Crippen molar-refractivity contribution in [3.8, 4) is 0 Å². The molecule has 0 amide bonds. The molecule has 0 spiro atoms. The van der Waals surface area contributed by atoms with Crippen molar-refractivity contribution in [2.75, 3.05) is 16.1 Å². The molecule has 0 saturated carbocycles. The second-order valence-corrected chi connectivity index (χ2v) is 8.92. The quantitative estimate of drug-likeness (QED) is 0.885. The van der Waals surface area contributed by atoms with Crippen molar-refractivity contribution in [3.05, 3.63) is 28.0 Å². The van der Waals surface area contributed by atoms with Crippen molar-refractivity contribution in [1.82, 2.24) is 0 Å². The summed E-state index contributed by atoms with van der Waals surface area (Å²) in [4.78, 5) is 0. The van der Waals surface area contributed by atoms with Gasteiger partial charge in [0, 0.05) is 6.26 Å². The molecule has 0 bridgehead atoms. The number of nitrogens with one attached hydrogen (secondary N) is 1. The second-order valence-electron chi connectivity index (χ2n) is 3.84. The van der Waals surface area contributed by atoms with Crippen LogP contribution in [-0.2, 0) is 19.9 Å². The number of sulfone groups is 1. The average Bonchev–Trinajstić information content (AvgIpc) is 2.09. The number of sulfonamides is 1. The van der Waals surface area contributed by atoms with Gasteiger partial charge in [-0.1, -0.05) is 0 Å². The Balaban J connectivity index is 3.09. The summed E-state index contributed by atoms with van der Waals surface area (Å²) in [6, 6.07) is 2.38. The van der Waals surface area contributed by atoms with E-state index in [0.29, 0.717) is 5.56 Å². The molecule has 1 aromatic rings. The third kappa shape index (κ3) is 4.54. The minimum absolute atomic E-state index is 0.0133. The first-order valence-electron chi connectivity index (χ1n) is 4.64. The molecule has 102 valence electrons. The van der Waals surface area contributed by atoms with Crippen LogP contribution in [0.1, 0.15) is 5.56 Å². The summed E-state index contributed by atoms with van der Waals surface area (Å²) in [5, 5.41) is -1.04. The van der Waals surface area contributed by atoms with Crippen LogP contribution in [0.2, 0.25) is 0 Å². The van der Waals surface area contributed by atoms with Crippen molar-refractivity contribution >= 4 is 41.5 Å². The lowest BCUT2D eigenvalue weighted by Gasteiger charge is -2.10. The van der Waals surface area contributed by atoms with Gasteiger partial charge in [0.25, 0.3) is 0 Å². The Kier molecular flexibility index (Phi) is 4.39. The van der Waals surface area contributed by atoms with Crippen molar-refractivity contribution in [1.29, 1.82) is 0 Å².